The summed E-state index contributed by atoms with van der Waals surface area (Å²) >= 11 is 3.75. The van der Waals surface area contributed by atoms with Gasteiger partial charge in [0.2, 0.25) is 0 Å². The molecule has 0 aliphatic rings. The van der Waals surface area contributed by atoms with E-state index in [9.17, 15) is 9.90 Å². The van der Waals surface area contributed by atoms with E-state index in [1.807, 2.05) is 0 Å². The van der Waals surface area contributed by atoms with Crippen molar-refractivity contribution in [3.63, 3.8) is 0 Å². The highest BCUT2D eigenvalue weighted by Crippen LogP contribution is 2.17. The van der Waals surface area contributed by atoms with Crippen LogP contribution in [0.3, 0.4) is 0 Å². The van der Waals surface area contributed by atoms with Gasteiger partial charge in [-0.15, -0.1) is 0 Å². The van der Waals surface area contributed by atoms with Gasteiger partial charge in [0.1, 0.15) is 0 Å². The first-order chi connectivity index (χ1) is 4.39. The van der Waals surface area contributed by atoms with Crippen molar-refractivity contribution in [2.24, 2.45) is 5.41 Å². The average molecular weight is 161 g/mol. The van der Waals surface area contributed by atoms with E-state index in [4.69, 9.17) is 0 Å². The second-order valence-electron chi connectivity index (χ2n) is 3.29. The Bertz CT molecular complexity index is 126. The van der Waals surface area contributed by atoms with Crippen LogP contribution in [0.5, 0.6) is 0 Å². The molecule has 59 valence electrons. The SMILES string of the molecule is CC(C)(C)C(=O)[C@H]([O])CS. The lowest BCUT2D eigenvalue weighted by Gasteiger charge is -2.17. The summed E-state index contributed by atoms with van der Waals surface area (Å²) in [7, 11) is 0. The summed E-state index contributed by atoms with van der Waals surface area (Å²) in [4.78, 5) is 11.0. The van der Waals surface area contributed by atoms with Gasteiger partial charge in [0.25, 0.3) is 0 Å². The van der Waals surface area contributed by atoms with E-state index in [1.54, 1.807) is 20.8 Å². The highest BCUT2D eigenvalue weighted by Gasteiger charge is 2.28. The van der Waals surface area contributed by atoms with E-state index in [1.165, 1.54) is 0 Å². The molecule has 0 bridgehead atoms. The van der Waals surface area contributed by atoms with Crippen LogP contribution >= 0.6 is 12.6 Å². The van der Waals surface area contributed by atoms with Gasteiger partial charge in [0.15, 0.2) is 11.9 Å². The minimum atomic E-state index is -1.16. The minimum absolute atomic E-state index is 0.0934. The predicted octanol–water partition coefficient (Wildman–Crippen LogP) is 1.33. The highest BCUT2D eigenvalue weighted by molar-refractivity contribution is 7.80. The molecule has 0 aliphatic heterocycles. The standard InChI is InChI=1S/C7H13O2S/c1-7(2,3)6(9)5(8)4-10/h5,10H,4H2,1-3H3/t5-/m1/s1. The van der Waals surface area contributed by atoms with Crippen molar-refractivity contribution in [1.29, 1.82) is 0 Å². The first-order valence-electron chi connectivity index (χ1n) is 3.20. The lowest BCUT2D eigenvalue weighted by molar-refractivity contribution is -0.136. The average Bonchev–Trinajstić information content (AvgIpc) is 1.83. The van der Waals surface area contributed by atoms with Crippen molar-refractivity contribution >= 4 is 18.4 Å². The summed E-state index contributed by atoms with van der Waals surface area (Å²) in [6, 6.07) is 0. The smallest absolute Gasteiger partial charge is 0.171 e. The van der Waals surface area contributed by atoms with Gasteiger partial charge in [0, 0.05) is 11.2 Å². The van der Waals surface area contributed by atoms with Gasteiger partial charge in [-0.05, 0) is 0 Å². The molecule has 0 spiro atoms. The molecular formula is C7H13O2S. The lowest BCUT2D eigenvalue weighted by Crippen LogP contribution is -2.32. The van der Waals surface area contributed by atoms with E-state index >= 15 is 0 Å². The maximum absolute atomic E-state index is 11.0. The quantitative estimate of drug-likeness (QED) is 0.609. The van der Waals surface area contributed by atoms with Gasteiger partial charge in [-0.2, -0.15) is 12.6 Å². The number of carbonyl (C=O) groups is 1. The normalized spacial score (nSPS) is 14.9. The number of hydrogen-bond donors (Lipinski definition) is 1. The van der Waals surface area contributed by atoms with Crippen LogP contribution < -0.4 is 0 Å². The molecule has 0 aliphatic carbocycles. The zero-order valence-corrected chi connectivity index (χ0v) is 7.44. The Hall–Kier alpha value is -0.0200. The second kappa shape index (κ2) is 3.39. The molecule has 10 heavy (non-hydrogen) atoms. The zero-order chi connectivity index (χ0) is 8.36. The summed E-state index contributed by atoms with van der Waals surface area (Å²) in [6.07, 6.45) is -1.16. The zero-order valence-electron chi connectivity index (χ0n) is 6.55. The molecule has 0 amide bonds. The Balaban J connectivity index is 4.09. The first-order valence-corrected chi connectivity index (χ1v) is 3.84. The van der Waals surface area contributed by atoms with E-state index < -0.39 is 11.5 Å². The fraction of sp³-hybridized carbons (Fsp3) is 0.857. The van der Waals surface area contributed by atoms with Gasteiger partial charge in [-0.1, -0.05) is 20.8 Å². The molecule has 0 fully saturated rings. The molecule has 0 N–H and O–H groups in total. The molecule has 1 radical (unpaired) electrons. The molecule has 1 atom stereocenters. The van der Waals surface area contributed by atoms with Gasteiger partial charge < -0.3 is 0 Å². The van der Waals surface area contributed by atoms with Crippen LogP contribution in [0.15, 0.2) is 0 Å². The molecule has 0 heterocycles. The molecule has 0 aromatic heterocycles. The summed E-state index contributed by atoms with van der Waals surface area (Å²) in [6.45, 7) is 5.22. The van der Waals surface area contributed by atoms with Crippen molar-refractivity contribution in [3.05, 3.63) is 0 Å². The molecule has 3 heteroatoms. The summed E-state index contributed by atoms with van der Waals surface area (Å²) in [5, 5.41) is 10.8. The third kappa shape index (κ3) is 2.71. The summed E-state index contributed by atoms with van der Waals surface area (Å²) < 4.78 is 0. The summed E-state index contributed by atoms with van der Waals surface area (Å²) in [5.74, 6) is -0.168. The van der Waals surface area contributed by atoms with E-state index in [0.29, 0.717) is 0 Å². The van der Waals surface area contributed by atoms with Crippen molar-refractivity contribution < 1.29 is 9.90 Å². The third-order valence-electron chi connectivity index (χ3n) is 1.20. The lowest BCUT2D eigenvalue weighted by atomic mass is 9.88. The Morgan fingerprint density at radius 2 is 1.90 bits per heavy atom. The number of carbonyl (C=O) groups excluding carboxylic acids is 1. The van der Waals surface area contributed by atoms with Crippen LogP contribution in [0.25, 0.3) is 0 Å². The van der Waals surface area contributed by atoms with Crippen LogP contribution in [-0.4, -0.2) is 17.6 Å². The van der Waals surface area contributed by atoms with E-state index in [-0.39, 0.29) is 11.5 Å². The van der Waals surface area contributed by atoms with Crippen LogP contribution in [-0.2, 0) is 9.90 Å². The van der Waals surface area contributed by atoms with Gasteiger partial charge in [-0.3, -0.25) is 4.79 Å². The Kier molecular flexibility index (Phi) is 3.39. The van der Waals surface area contributed by atoms with Crippen LogP contribution in [0, 0.1) is 5.41 Å². The monoisotopic (exact) mass is 161 g/mol. The predicted molar refractivity (Wildman–Crippen MR) is 42.8 cm³/mol. The maximum Gasteiger partial charge on any atom is 0.171 e. The molecular weight excluding hydrogens is 148 g/mol. The highest BCUT2D eigenvalue weighted by atomic mass is 32.1. The number of Topliss-reactive ketones (excluding diaryl/α,β-unsaturated/α-hetero) is 1. The van der Waals surface area contributed by atoms with Crippen LogP contribution in [0.2, 0.25) is 0 Å². The Morgan fingerprint density at radius 3 is 2.00 bits per heavy atom. The number of rotatable bonds is 2. The fourth-order valence-electron chi connectivity index (χ4n) is 0.566. The van der Waals surface area contributed by atoms with Crippen LogP contribution in [0.4, 0.5) is 0 Å². The summed E-state index contributed by atoms with van der Waals surface area (Å²) in [5.41, 5.74) is -0.519. The van der Waals surface area contributed by atoms with Gasteiger partial charge >= 0.3 is 0 Å². The number of thiol groups is 1. The molecule has 0 rings (SSSR count). The van der Waals surface area contributed by atoms with E-state index in [2.05, 4.69) is 12.6 Å². The topological polar surface area (TPSA) is 37.0 Å². The van der Waals surface area contributed by atoms with Gasteiger partial charge in [0.05, 0.1) is 0 Å². The number of ketones is 1. The molecule has 0 saturated heterocycles. The third-order valence-corrected chi connectivity index (χ3v) is 1.53. The molecule has 0 aromatic rings. The molecule has 0 saturated carbocycles. The van der Waals surface area contributed by atoms with Crippen molar-refractivity contribution in [1.82, 2.24) is 0 Å². The second-order valence-corrected chi connectivity index (χ2v) is 3.65. The minimum Gasteiger partial charge on any atom is -0.296 e. The fourth-order valence-corrected chi connectivity index (χ4v) is 0.732. The molecule has 0 unspecified atom stereocenters. The van der Waals surface area contributed by atoms with Crippen molar-refractivity contribution in [2.75, 3.05) is 5.75 Å². The maximum atomic E-state index is 11.0. The van der Waals surface area contributed by atoms with Crippen molar-refractivity contribution in [3.8, 4) is 0 Å². The molecule has 0 aromatic carbocycles. The Morgan fingerprint density at radius 1 is 1.50 bits per heavy atom. The largest absolute Gasteiger partial charge is 0.296 e. The molecule has 2 nitrogen and oxygen atoms in total. The van der Waals surface area contributed by atoms with Crippen molar-refractivity contribution in [2.45, 2.75) is 26.9 Å². The number of hydrogen-bond acceptors (Lipinski definition) is 2. The van der Waals surface area contributed by atoms with E-state index in [0.717, 1.165) is 0 Å². The Labute approximate surface area is 67.0 Å². The first kappa shape index (κ1) is 9.98. The van der Waals surface area contributed by atoms with Crippen LogP contribution in [0.1, 0.15) is 20.8 Å². The van der Waals surface area contributed by atoms with Gasteiger partial charge in [-0.25, -0.2) is 5.11 Å².